The lowest BCUT2D eigenvalue weighted by Gasteiger charge is -2.26. The first-order valence-electron chi connectivity index (χ1n) is 9.50. The fourth-order valence-corrected chi connectivity index (χ4v) is 3.80. The van der Waals surface area contributed by atoms with Crippen molar-refractivity contribution in [2.45, 2.75) is 69.9 Å². The van der Waals surface area contributed by atoms with Crippen LogP contribution in [0.15, 0.2) is 24.3 Å². The summed E-state index contributed by atoms with van der Waals surface area (Å²) in [6.07, 6.45) is 10.6. The van der Waals surface area contributed by atoms with Gasteiger partial charge < -0.3 is 15.8 Å². The standard InChI is InChI=1S/C20H30N2O2.ClH/c21-17-8-10-18(11-9-17)22-20(23)16-6-12-19(13-7-16)24-14-15-4-2-1-3-5-15;/h6-7,12-13,15,17-18H,1-5,8-11,14,21H2,(H,22,23);1H. The van der Waals surface area contributed by atoms with E-state index in [0.29, 0.717) is 17.5 Å². The van der Waals surface area contributed by atoms with Crippen LogP contribution in [0.3, 0.4) is 0 Å². The molecule has 2 saturated carbocycles. The molecule has 3 rings (SSSR count). The zero-order chi connectivity index (χ0) is 16.8. The number of hydrogen-bond acceptors (Lipinski definition) is 3. The van der Waals surface area contributed by atoms with Gasteiger partial charge in [-0.05, 0) is 68.7 Å². The molecule has 3 N–H and O–H groups in total. The van der Waals surface area contributed by atoms with Crippen molar-refractivity contribution in [1.29, 1.82) is 0 Å². The summed E-state index contributed by atoms with van der Waals surface area (Å²) in [6.45, 7) is 0.799. The maximum absolute atomic E-state index is 12.3. The van der Waals surface area contributed by atoms with Gasteiger partial charge in [-0.2, -0.15) is 0 Å². The van der Waals surface area contributed by atoms with Gasteiger partial charge in [0.05, 0.1) is 6.61 Å². The molecule has 140 valence electrons. The van der Waals surface area contributed by atoms with Gasteiger partial charge in [0, 0.05) is 17.6 Å². The molecule has 0 atom stereocenters. The minimum absolute atomic E-state index is 0. The number of nitrogens with one attached hydrogen (secondary N) is 1. The Kier molecular flexibility index (Phi) is 8.04. The molecule has 1 amide bonds. The quantitative estimate of drug-likeness (QED) is 0.825. The van der Waals surface area contributed by atoms with Crippen LogP contribution in [0.1, 0.15) is 68.1 Å². The fourth-order valence-electron chi connectivity index (χ4n) is 3.80. The topological polar surface area (TPSA) is 64.3 Å². The second-order valence-corrected chi connectivity index (χ2v) is 7.42. The van der Waals surface area contributed by atoms with E-state index in [-0.39, 0.29) is 24.4 Å². The third-order valence-corrected chi connectivity index (χ3v) is 5.43. The van der Waals surface area contributed by atoms with E-state index in [2.05, 4.69) is 5.32 Å². The molecule has 0 spiro atoms. The molecule has 0 bridgehead atoms. The van der Waals surface area contributed by atoms with E-state index < -0.39 is 0 Å². The van der Waals surface area contributed by atoms with Crippen molar-refractivity contribution in [2.24, 2.45) is 11.7 Å². The van der Waals surface area contributed by atoms with Gasteiger partial charge in [0.15, 0.2) is 0 Å². The Morgan fingerprint density at radius 1 is 1.00 bits per heavy atom. The van der Waals surface area contributed by atoms with Gasteiger partial charge in [0.25, 0.3) is 5.91 Å². The second-order valence-electron chi connectivity index (χ2n) is 7.42. The van der Waals surface area contributed by atoms with Crippen molar-refractivity contribution >= 4 is 18.3 Å². The highest BCUT2D eigenvalue weighted by atomic mass is 35.5. The highest BCUT2D eigenvalue weighted by Crippen LogP contribution is 2.25. The summed E-state index contributed by atoms with van der Waals surface area (Å²) in [6, 6.07) is 8.11. The van der Waals surface area contributed by atoms with Crippen molar-refractivity contribution < 1.29 is 9.53 Å². The molecule has 2 aliphatic rings. The maximum Gasteiger partial charge on any atom is 0.251 e. The van der Waals surface area contributed by atoms with E-state index in [1.807, 2.05) is 24.3 Å². The average Bonchev–Trinajstić information content (AvgIpc) is 2.63. The fraction of sp³-hybridized carbons (Fsp3) is 0.650. The van der Waals surface area contributed by atoms with Crippen molar-refractivity contribution in [3.05, 3.63) is 29.8 Å². The molecular weight excluding hydrogens is 336 g/mol. The maximum atomic E-state index is 12.3. The van der Waals surface area contributed by atoms with Crippen molar-refractivity contribution in [1.82, 2.24) is 5.32 Å². The van der Waals surface area contributed by atoms with Crippen molar-refractivity contribution in [3.63, 3.8) is 0 Å². The van der Waals surface area contributed by atoms with Gasteiger partial charge in [0.2, 0.25) is 0 Å². The molecule has 4 nitrogen and oxygen atoms in total. The molecule has 0 aromatic heterocycles. The van der Waals surface area contributed by atoms with Crippen LogP contribution in [0.5, 0.6) is 5.75 Å². The van der Waals surface area contributed by atoms with E-state index in [1.165, 1.54) is 32.1 Å². The van der Waals surface area contributed by atoms with Crippen LogP contribution in [-0.4, -0.2) is 24.6 Å². The number of nitrogens with two attached hydrogens (primary N) is 1. The summed E-state index contributed by atoms with van der Waals surface area (Å²) in [5.74, 6) is 1.56. The second kappa shape index (κ2) is 10.0. The molecule has 1 aromatic carbocycles. The lowest BCUT2D eigenvalue weighted by atomic mass is 9.90. The molecule has 0 heterocycles. The number of ether oxygens (including phenoxy) is 1. The van der Waals surface area contributed by atoms with E-state index >= 15 is 0 Å². The van der Waals surface area contributed by atoms with Gasteiger partial charge >= 0.3 is 0 Å². The zero-order valence-corrected chi connectivity index (χ0v) is 15.7. The Morgan fingerprint density at radius 3 is 2.28 bits per heavy atom. The normalized spacial score (nSPS) is 24.2. The van der Waals surface area contributed by atoms with Gasteiger partial charge in [0.1, 0.15) is 5.75 Å². The highest BCUT2D eigenvalue weighted by Gasteiger charge is 2.20. The minimum atomic E-state index is 0. The van der Waals surface area contributed by atoms with Gasteiger partial charge in [-0.25, -0.2) is 0 Å². The number of benzene rings is 1. The van der Waals surface area contributed by atoms with Crippen LogP contribution in [0.25, 0.3) is 0 Å². The van der Waals surface area contributed by atoms with E-state index in [4.69, 9.17) is 10.5 Å². The van der Waals surface area contributed by atoms with Crippen LogP contribution >= 0.6 is 12.4 Å². The SMILES string of the molecule is Cl.NC1CCC(NC(=O)c2ccc(OCC3CCCCC3)cc2)CC1. The molecular formula is C20H31ClN2O2. The number of carbonyl (C=O) groups excluding carboxylic acids is 1. The third-order valence-electron chi connectivity index (χ3n) is 5.43. The number of carbonyl (C=O) groups is 1. The predicted octanol–water partition coefficient (Wildman–Crippen LogP) is 4.07. The smallest absolute Gasteiger partial charge is 0.251 e. The highest BCUT2D eigenvalue weighted by molar-refractivity contribution is 5.94. The van der Waals surface area contributed by atoms with E-state index in [0.717, 1.165) is 38.0 Å². The summed E-state index contributed by atoms with van der Waals surface area (Å²) >= 11 is 0. The van der Waals surface area contributed by atoms with Crippen LogP contribution in [0.4, 0.5) is 0 Å². The molecule has 1 aromatic rings. The van der Waals surface area contributed by atoms with Crippen LogP contribution in [0.2, 0.25) is 0 Å². The van der Waals surface area contributed by atoms with Crippen molar-refractivity contribution in [2.75, 3.05) is 6.61 Å². The minimum Gasteiger partial charge on any atom is -0.493 e. The first-order chi connectivity index (χ1) is 11.7. The summed E-state index contributed by atoms with van der Waals surface area (Å²) < 4.78 is 5.90. The molecule has 0 aliphatic heterocycles. The summed E-state index contributed by atoms with van der Waals surface area (Å²) in [4.78, 5) is 12.3. The van der Waals surface area contributed by atoms with Crippen LogP contribution < -0.4 is 15.8 Å². The predicted molar refractivity (Wildman–Crippen MR) is 103 cm³/mol. The zero-order valence-electron chi connectivity index (χ0n) is 14.9. The Morgan fingerprint density at radius 2 is 1.64 bits per heavy atom. The Hall–Kier alpha value is -1.26. The van der Waals surface area contributed by atoms with Gasteiger partial charge in [-0.1, -0.05) is 19.3 Å². The monoisotopic (exact) mass is 366 g/mol. The molecule has 2 aliphatic carbocycles. The summed E-state index contributed by atoms with van der Waals surface area (Å²) in [5, 5.41) is 3.12. The Labute approximate surface area is 157 Å². The van der Waals surface area contributed by atoms with Gasteiger partial charge in [-0.15, -0.1) is 12.4 Å². The number of hydrogen-bond donors (Lipinski definition) is 2. The van der Waals surface area contributed by atoms with E-state index in [9.17, 15) is 4.79 Å². The largest absolute Gasteiger partial charge is 0.493 e. The Balaban J connectivity index is 0.00000225. The lowest BCUT2D eigenvalue weighted by Crippen LogP contribution is -2.40. The van der Waals surface area contributed by atoms with Gasteiger partial charge in [-0.3, -0.25) is 4.79 Å². The number of halogens is 1. The summed E-state index contributed by atoms with van der Waals surface area (Å²) in [5.41, 5.74) is 6.61. The first-order valence-corrected chi connectivity index (χ1v) is 9.50. The average molecular weight is 367 g/mol. The molecule has 2 fully saturated rings. The Bertz CT molecular complexity index is 521. The number of rotatable bonds is 5. The number of amides is 1. The molecule has 25 heavy (non-hydrogen) atoms. The lowest BCUT2D eigenvalue weighted by molar-refractivity contribution is 0.0926. The summed E-state index contributed by atoms with van der Waals surface area (Å²) in [7, 11) is 0. The van der Waals surface area contributed by atoms with Crippen LogP contribution in [0, 0.1) is 5.92 Å². The molecule has 0 saturated heterocycles. The van der Waals surface area contributed by atoms with E-state index in [1.54, 1.807) is 0 Å². The molecule has 5 heteroatoms. The molecule has 0 unspecified atom stereocenters. The first kappa shape index (κ1) is 20.1. The third kappa shape index (κ3) is 6.19. The molecule has 0 radical (unpaired) electrons. The van der Waals surface area contributed by atoms with Crippen molar-refractivity contribution in [3.8, 4) is 5.75 Å². The van der Waals surface area contributed by atoms with Crippen LogP contribution in [-0.2, 0) is 0 Å².